The quantitative estimate of drug-likeness (QED) is 0.824. The summed E-state index contributed by atoms with van der Waals surface area (Å²) in [4.78, 5) is 2.36. The van der Waals surface area contributed by atoms with Crippen molar-refractivity contribution in [2.45, 2.75) is 0 Å². The molecule has 19 heavy (non-hydrogen) atoms. The van der Waals surface area contributed by atoms with Crippen LogP contribution in [0, 0.1) is 0 Å². The van der Waals surface area contributed by atoms with Crippen molar-refractivity contribution in [3.63, 3.8) is 0 Å². The van der Waals surface area contributed by atoms with Gasteiger partial charge in [0.05, 0.1) is 13.2 Å². The van der Waals surface area contributed by atoms with E-state index in [1.807, 2.05) is 24.3 Å². The maximum Gasteiger partial charge on any atom is 0.0642 e. The second-order valence-electron chi connectivity index (χ2n) is 4.65. The Morgan fingerprint density at radius 1 is 0.789 bits per heavy atom. The molecule has 0 radical (unpaired) electrons. The number of nitrogens with zero attached hydrogens (tertiary/aromatic N) is 1. The van der Waals surface area contributed by atoms with Crippen molar-refractivity contribution in [2.24, 2.45) is 0 Å². The molecule has 0 unspecified atom stereocenters. The van der Waals surface area contributed by atoms with Gasteiger partial charge in [-0.05, 0) is 35.4 Å². The van der Waals surface area contributed by atoms with E-state index in [0.29, 0.717) is 0 Å². The Morgan fingerprint density at radius 3 is 1.89 bits per heavy atom. The summed E-state index contributed by atoms with van der Waals surface area (Å²) in [6.45, 7) is 3.58. The number of hydrogen-bond acceptors (Lipinski definition) is 2. The lowest BCUT2D eigenvalue weighted by molar-refractivity contribution is 0.122. The average Bonchev–Trinajstić information content (AvgIpc) is 2.49. The third-order valence-corrected chi connectivity index (χ3v) is 3.67. The molecule has 0 N–H and O–H groups in total. The van der Waals surface area contributed by atoms with Gasteiger partial charge in [-0.3, -0.25) is 0 Å². The summed E-state index contributed by atoms with van der Waals surface area (Å²) in [6.07, 6.45) is 0. The van der Waals surface area contributed by atoms with Crippen molar-refractivity contribution < 1.29 is 4.74 Å². The molecule has 2 aromatic carbocycles. The molecular formula is C16H16ClNO. The summed E-state index contributed by atoms with van der Waals surface area (Å²) in [5.74, 6) is 0. The van der Waals surface area contributed by atoms with Crippen LogP contribution in [0.1, 0.15) is 0 Å². The molecule has 0 aliphatic carbocycles. The topological polar surface area (TPSA) is 12.5 Å². The summed E-state index contributed by atoms with van der Waals surface area (Å²) >= 11 is 5.91. The fourth-order valence-electron chi connectivity index (χ4n) is 2.33. The zero-order valence-electron chi connectivity index (χ0n) is 10.7. The molecule has 0 bridgehead atoms. The van der Waals surface area contributed by atoms with Crippen LogP contribution >= 0.6 is 11.6 Å². The van der Waals surface area contributed by atoms with Gasteiger partial charge in [-0.25, -0.2) is 0 Å². The Hall–Kier alpha value is -1.51. The molecular weight excluding hydrogens is 258 g/mol. The van der Waals surface area contributed by atoms with E-state index in [1.54, 1.807) is 0 Å². The Morgan fingerprint density at radius 2 is 1.32 bits per heavy atom. The van der Waals surface area contributed by atoms with Crippen molar-refractivity contribution in [1.82, 2.24) is 0 Å². The van der Waals surface area contributed by atoms with Gasteiger partial charge < -0.3 is 9.64 Å². The van der Waals surface area contributed by atoms with E-state index >= 15 is 0 Å². The van der Waals surface area contributed by atoms with Crippen molar-refractivity contribution in [2.75, 3.05) is 31.2 Å². The van der Waals surface area contributed by atoms with Gasteiger partial charge in [0.1, 0.15) is 0 Å². The average molecular weight is 274 g/mol. The van der Waals surface area contributed by atoms with Gasteiger partial charge in [0.15, 0.2) is 0 Å². The van der Waals surface area contributed by atoms with Crippen LogP contribution < -0.4 is 4.90 Å². The minimum atomic E-state index is 0.772. The maximum atomic E-state index is 5.91. The summed E-state index contributed by atoms with van der Waals surface area (Å²) < 4.78 is 5.37. The number of halogens is 1. The van der Waals surface area contributed by atoms with Gasteiger partial charge in [0.2, 0.25) is 0 Å². The lowest BCUT2D eigenvalue weighted by Crippen LogP contribution is -2.36. The lowest BCUT2D eigenvalue weighted by Gasteiger charge is -2.28. The first-order chi connectivity index (χ1) is 9.33. The first-order valence-electron chi connectivity index (χ1n) is 6.52. The van der Waals surface area contributed by atoms with Crippen LogP contribution in [-0.4, -0.2) is 26.3 Å². The molecule has 1 aliphatic rings. The van der Waals surface area contributed by atoms with Gasteiger partial charge in [-0.1, -0.05) is 35.9 Å². The van der Waals surface area contributed by atoms with Crippen molar-refractivity contribution in [3.8, 4) is 11.1 Å². The second kappa shape index (κ2) is 5.64. The molecule has 1 saturated heterocycles. The van der Waals surface area contributed by atoms with E-state index in [2.05, 4.69) is 29.2 Å². The third-order valence-electron chi connectivity index (χ3n) is 3.42. The van der Waals surface area contributed by atoms with E-state index in [1.165, 1.54) is 16.8 Å². The highest BCUT2D eigenvalue weighted by molar-refractivity contribution is 6.30. The summed E-state index contributed by atoms with van der Waals surface area (Å²) in [5, 5.41) is 0.772. The number of morpholine rings is 1. The third kappa shape index (κ3) is 2.91. The number of benzene rings is 2. The Kier molecular flexibility index (Phi) is 3.72. The maximum absolute atomic E-state index is 5.91. The molecule has 2 aromatic rings. The van der Waals surface area contributed by atoms with Crippen LogP contribution in [0.3, 0.4) is 0 Å². The van der Waals surface area contributed by atoms with Gasteiger partial charge >= 0.3 is 0 Å². The zero-order chi connectivity index (χ0) is 13.1. The highest BCUT2D eigenvalue weighted by Crippen LogP contribution is 2.24. The van der Waals surface area contributed by atoms with Crippen molar-refractivity contribution >= 4 is 17.3 Å². The van der Waals surface area contributed by atoms with E-state index in [-0.39, 0.29) is 0 Å². The zero-order valence-corrected chi connectivity index (χ0v) is 11.4. The molecule has 2 nitrogen and oxygen atoms in total. The van der Waals surface area contributed by atoms with Crippen LogP contribution in [0.25, 0.3) is 11.1 Å². The monoisotopic (exact) mass is 273 g/mol. The summed E-state index contributed by atoms with van der Waals surface area (Å²) in [5.41, 5.74) is 3.67. The molecule has 0 atom stereocenters. The van der Waals surface area contributed by atoms with Gasteiger partial charge in [0.25, 0.3) is 0 Å². The molecule has 0 spiro atoms. The second-order valence-corrected chi connectivity index (χ2v) is 5.09. The Bertz CT molecular complexity index is 530. The Labute approximate surface area is 118 Å². The molecule has 98 valence electrons. The smallest absolute Gasteiger partial charge is 0.0642 e. The summed E-state index contributed by atoms with van der Waals surface area (Å²) in [7, 11) is 0. The fraction of sp³-hybridized carbons (Fsp3) is 0.250. The van der Waals surface area contributed by atoms with Crippen LogP contribution in [0.2, 0.25) is 5.02 Å². The van der Waals surface area contributed by atoms with Crippen LogP contribution in [0.4, 0.5) is 5.69 Å². The molecule has 0 aromatic heterocycles. The SMILES string of the molecule is Clc1ccc(-c2ccc(N3CCOCC3)cc2)cc1. The lowest BCUT2D eigenvalue weighted by atomic mass is 10.1. The number of anilines is 1. The van der Waals surface area contributed by atoms with E-state index in [0.717, 1.165) is 31.3 Å². The van der Waals surface area contributed by atoms with E-state index in [4.69, 9.17) is 16.3 Å². The predicted molar refractivity (Wildman–Crippen MR) is 79.9 cm³/mol. The minimum Gasteiger partial charge on any atom is -0.378 e. The van der Waals surface area contributed by atoms with Crippen LogP contribution in [-0.2, 0) is 4.74 Å². The Balaban J connectivity index is 1.80. The minimum absolute atomic E-state index is 0.772. The van der Waals surface area contributed by atoms with Gasteiger partial charge in [-0.15, -0.1) is 0 Å². The van der Waals surface area contributed by atoms with Crippen molar-refractivity contribution in [1.29, 1.82) is 0 Å². The molecule has 1 aliphatic heterocycles. The van der Waals surface area contributed by atoms with Crippen molar-refractivity contribution in [3.05, 3.63) is 53.6 Å². The van der Waals surface area contributed by atoms with Gasteiger partial charge in [-0.2, -0.15) is 0 Å². The standard InChI is InChI=1S/C16H16ClNO/c17-15-5-1-13(2-6-15)14-3-7-16(8-4-14)18-9-11-19-12-10-18/h1-8H,9-12H2. The molecule has 3 heteroatoms. The first kappa shape index (κ1) is 12.5. The first-order valence-corrected chi connectivity index (χ1v) is 6.89. The molecule has 0 amide bonds. The summed E-state index contributed by atoms with van der Waals surface area (Å²) in [6, 6.07) is 16.6. The molecule has 3 rings (SSSR count). The van der Waals surface area contributed by atoms with Crippen LogP contribution in [0.15, 0.2) is 48.5 Å². The predicted octanol–water partition coefficient (Wildman–Crippen LogP) is 3.84. The number of ether oxygens (including phenoxy) is 1. The fourth-order valence-corrected chi connectivity index (χ4v) is 2.45. The highest BCUT2D eigenvalue weighted by atomic mass is 35.5. The number of rotatable bonds is 2. The molecule has 0 saturated carbocycles. The molecule has 1 fully saturated rings. The number of hydrogen-bond donors (Lipinski definition) is 0. The van der Waals surface area contributed by atoms with Crippen LogP contribution in [0.5, 0.6) is 0 Å². The highest BCUT2D eigenvalue weighted by Gasteiger charge is 2.10. The normalized spacial score (nSPS) is 15.5. The van der Waals surface area contributed by atoms with Gasteiger partial charge in [0, 0.05) is 23.8 Å². The van der Waals surface area contributed by atoms with E-state index < -0.39 is 0 Å². The largest absolute Gasteiger partial charge is 0.378 e. The van der Waals surface area contributed by atoms with E-state index in [9.17, 15) is 0 Å². The molecule has 1 heterocycles.